The Kier molecular flexibility index (Phi) is 4.59. The summed E-state index contributed by atoms with van der Waals surface area (Å²) >= 11 is 1.90. The summed E-state index contributed by atoms with van der Waals surface area (Å²) in [6, 6.07) is 4.44. The molecule has 4 aliphatic carbocycles. The van der Waals surface area contributed by atoms with Crippen molar-refractivity contribution in [2.75, 3.05) is 13.1 Å². The van der Waals surface area contributed by atoms with Gasteiger partial charge in [0.1, 0.15) is 0 Å². The van der Waals surface area contributed by atoms with Crippen molar-refractivity contribution in [2.45, 2.75) is 64.2 Å². The van der Waals surface area contributed by atoms with Gasteiger partial charge in [-0.3, -0.25) is 0 Å². The van der Waals surface area contributed by atoms with E-state index in [9.17, 15) is 0 Å². The zero-order chi connectivity index (χ0) is 14.8. The van der Waals surface area contributed by atoms with Crippen LogP contribution in [0.4, 0.5) is 0 Å². The predicted octanol–water partition coefficient (Wildman–Crippen LogP) is 5.27. The number of hydrogen-bond acceptors (Lipinski definition) is 2. The molecule has 1 heterocycles. The number of aryl methyl sites for hydroxylation is 1. The summed E-state index contributed by atoms with van der Waals surface area (Å²) in [6.07, 6.45) is 14.8. The van der Waals surface area contributed by atoms with Crippen LogP contribution in [0.1, 0.15) is 62.7 Å². The standard InChI is InChI=1S/C20H31NS/c1(4-19-5-3-9-22-19)2-7-21-8-6-20-13-16-10-17(14-20)12-18(11-16)15-20/h3,5,9,16-18,21H,1-2,4,6-8,10-15H2. The molecule has 0 spiro atoms. The Bertz CT molecular complexity index is 429. The fourth-order valence-electron chi connectivity index (χ4n) is 6.08. The van der Waals surface area contributed by atoms with Crippen LogP contribution in [0.15, 0.2) is 17.5 Å². The minimum atomic E-state index is 0.763. The molecule has 0 aliphatic heterocycles. The van der Waals surface area contributed by atoms with Gasteiger partial charge in [0.05, 0.1) is 0 Å². The molecule has 1 aromatic heterocycles. The van der Waals surface area contributed by atoms with Crippen LogP contribution in [0.3, 0.4) is 0 Å². The van der Waals surface area contributed by atoms with Gasteiger partial charge in [-0.05, 0) is 112 Å². The number of rotatable bonds is 8. The molecule has 1 nitrogen and oxygen atoms in total. The molecular formula is C20H31NS. The van der Waals surface area contributed by atoms with Gasteiger partial charge in [0.2, 0.25) is 0 Å². The van der Waals surface area contributed by atoms with E-state index >= 15 is 0 Å². The molecule has 22 heavy (non-hydrogen) atoms. The lowest BCUT2D eigenvalue weighted by atomic mass is 9.49. The van der Waals surface area contributed by atoms with Gasteiger partial charge >= 0.3 is 0 Å². The zero-order valence-corrected chi connectivity index (χ0v) is 14.7. The van der Waals surface area contributed by atoms with Gasteiger partial charge in [-0.2, -0.15) is 0 Å². The van der Waals surface area contributed by atoms with Crippen LogP contribution >= 0.6 is 11.3 Å². The van der Waals surface area contributed by atoms with Crippen LogP contribution in [0.2, 0.25) is 0 Å². The van der Waals surface area contributed by atoms with Gasteiger partial charge in [0.25, 0.3) is 0 Å². The Labute approximate surface area is 139 Å². The molecule has 2 heteroatoms. The first-order valence-corrected chi connectivity index (χ1v) is 10.4. The van der Waals surface area contributed by atoms with Crippen molar-refractivity contribution in [3.63, 3.8) is 0 Å². The van der Waals surface area contributed by atoms with Gasteiger partial charge in [-0.25, -0.2) is 0 Å². The second-order valence-electron chi connectivity index (χ2n) is 8.45. The highest BCUT2D eigenvalue weighted by Gasteiger charge is 2.50. The molecule has 0 radical (unpaired) electrons. The lowest BCUT2D eigenvalue weighted by Gasteiger charge is -2.57. The second kappa shape index (κ2) is 6.65. The third-order valence-corrected chi connectivity index (χ3v) is 7.54. The molecule has 0 atom stereocenters. The minimum Gasteiger partial charge on any atom is -0.317 e. The first-order valence-electron chi connectivity index (χ1n) is 9.54. The summed E-state index contributed by atoms with van der Waals surface area (Å²) in [6.45, 7) is 2.49. The second-order valence-corrected chi connectivity index (χ2v) is 9.49. The van der Waals surface area contributed by atoms with Crippen molar-refractivity contribution in [1.82, 2.24) is 5.32 Å². The van der Waals surface area contributed by atoms with Crippen LogP contribution in [-0.4, -0.2) is 13.1 Å². The minimum absolute atomic E-state index is 0.763. The van der Waals surface area contributed by atoms with Gasteiger partial charge in [0, 0.05) is 4.88 Å². The van der Waals surface area contributed by atoms with E-state index in [2.05, 4.69) is 22.8 Å². The zero-order valence-electron chi connectivity index (χ0n) is 13.9. The Morgan fingerprint density at radius 1 is 1.00 bits per heavy atom. The molecule has 4 saturated carbocycles. The van der Waals surface area contributed by atoms with E-state index in [4.69, 9.17) is 0 Å². The molecular weight excluding hydrogens is 286 g/mol. The summed E-state index contributed by atoms with van der Waals surface area (Å²) in [5.74, 6) is 3.33. The third kappa shape index (κ3) is 3.43. The van der Waals surface area contributed by atoms with Crippen LogP contribution in [0, 0.1) is 23.2 Å². The monoisotopic (exact) mass is 317 g/mol. The van der Waals surface area contributed by atoms with E-state index in [1.54, 1.807) is 43.4 Å². The summed E-state index contributed by atoms with van der Waals surface area (Å²) in [5.41, 5.74) is 0.763. The fraction of sp³-hybridized carbons (Fsp3) is 0.800. The van der Waals surface area contributed by atoms with E-state index in [0.29, 0.717) is 0 Å². The average Bonchev–Trinajstić information content (AvgIpc) is 2.98. The van der Waals surface area contributed by atoms with E-state index in [0.717, 1.165) is 23.2 Å². The summed E-state index contributed by atoms with van der Waals surface area (Å²) in [4.78, 5) is 1.55. The lowest BCUT2D eigenvalue weighted by Crippen LogP contribution is -2.47. The highest BCUT2D eigenvalue weighted by Crippen LogP contribution is 2.61. The molecule has 4 bridgehead atoms. The smallest absolute Gasteiger partial charge is 0.00452 e. The van der Waals surface area contributed by atoms with Crippen LogP contribution in [0.25, 0.3) is 0 Å². The SMILES string of the molecule is c1csc(CCCCNCCC23CC4CC(CC(C4)C2)C3)c1. The maximum Gasteiger partial charge on any atom is 0.00452 e. The van der Waals surface area contributed by atoms with Crippen molar-refractivity contribution in [2.24, 2.45) is 23.2 Å². The van der Waals surface area contributed by atoms with Gasteiger partial charge in [0.15, 0.2) is 0 Å². The van der Waals surface area contributed by atoms with Gasteiger partial charge in [-0.15, -0.1) is 11.3 Å². The van der Waals surface area contributed by atoms with Crippen LogP contribution < -0.4 is 5.32 Å². The summed E-state index contributed by atoms with van der Waals surface area (Å²) in [5, 5.41) is 5.94. The quantitative estimate of drug-likeness (QED) is 0.644. The normalized spacial score (nSPS) is 36.1. The molecule has 122 valence electrons. The Hall–Kier alpha value is -0.340. The predicted molar refractivity (Wildman–Crippen MR) is 95.3 cm³/mol. The summed E-state index contributed by atoms with van der Waals surface area (Å²) in [7, 11) is 0. The van der Waals surface area contributed by atoms with Crippen molar-refractivity contribution in [1.29, 1.82) is 0 Å². The van der Waals surface area contributed by atoms with Crippen molar-refractivity contribution in [3.05, 3.63) is 22.4 Å². The average molecular weight is 318 g/mol. The van der Waals surface area contributed by atoms with Crippen LogP contribution in [-0.2, 0) is 6.42 Å². The van der Waals surface area contributed by atoms with Crippen molar-refractivity contribution >= 4 is 11.3 Å². The Balaban J connectivity index is 1.12. The van der Waals surface area contributed by atoms with Crippen LogP contribution in [0.5, 0.6) is 0 Å². The van der Waals surface area contributed by atoms with Gasteiger partial charge in [-0.1, -0.05) is 6.07 Å². The highest BCUT2D eigenvalue weighted by molar-refractivity contribution is 7.09. The maximum absolute atomic E-state index is 3.74. The number of nitrogens with one attached hydrogen (secondary N) is 1. The maximum atomic E-state index is 3.74. The molecule has 4 aliphatic rings. The third-order valence-electron chi connectivity index (χ3n) is 6.60. The molecule has 0 unspecified atom stereocenters. The number of thiophene rings is 1. The molecule has 0 amide bonds. The number of unbranched alkanes of at least 4 members (excludes halogenated alkanes) is 1. The Morgan fingerprint density at radius 3 is 2.36 bits per heavy atom. The number of hydrogen-bond donors (Lipinski definition) is 1. The molecule has 0 aromatic carbocycles. The van der Waals surface area contributed by atoms with E-state index in [-0.39, 0.29) is 0 Å². The largest absolute Gasteiger partial charge is 0.317 e. The van der Waals surface area contributed by atoms with Gasteiger partial charge < -0.3 is 5.32 Å². The fourth-order valence-corrected chi connectivity index (χ4v) is 6.83. The molecule has 1 aromatic rings. The first-order chi connectivity index (χ1) is 10.8. The molecule has 5 rings (SSSR count). The highest BCUT2D eigenvalue weighted by atomic mass is 32.1. The molecule has 0 saturated heterocycles. The van der Waals surface area contributed by atoms with E-state index < -0.39 is 0 Å². The Morgan fingerprint density at radius 2 is 1.73 bits per heavy atom. The molecule has 1 N–H and O–H groups in total. The van der Waals surface area contributed by atoms with Crippen molar-refractivity contribution in [3.8, 4) is 0 Å². The van der Waals surface area contributed by atoms with E-state index in [1.807, 2.05) is 11.3 Å². The summed E-state index contributed by atoms with van der Waals surface area (Å²) < 4.78 is 0. The topological polar surface area (TPSA) is 12.0 Å². The van der Waals surface area contributed by atoms with E-state index in [1.165, 1.54) is 38.8 Å². The van der Waals surface area contributed by atoms with Crippen molar-refractivity contribution < 1.29 is 0 Å². The molecule has 4 fully saturated rings. The first kappa shape index (κ1) is 15.2. The lowest BCUT2D eigenvalue weighted by molar-refractivity contribution is -0.0567.